The first-order valence-electron chi connectivity index (χ1n) is 5.45. The zero-order valence-electron chi connectivity index (χ0n) is 10.8. The van der Waals surface area contributed by atoms with E-state index in [0.29, 0.717) is 0 Å². The molecule has 0 saturated heterocycles. The topological polar surface area (TPSA) is 71.2 Å². The highest BCUT2D eigenvalue weighted by Crippen LogP contribution is 2.29. The normalized spacial score (nSPS) is 11.1. The molecular weight excluding hydrogens is 293 g/mol. The van der Waals surface area contributed by atoms with E-state index in [9.17, 15) is 18.0 Å². The molecule has 0 spiro atoms. The first kappa shape index (κ1) is 16.2. The average Bonchev–Trinajstić information content (AvgIpc) is 2.34. The smallest absolute Gasteiger partial charge is 0.389 e. The lowest BCUT2D eigenvalue weighted by atomic mass is 10.2. The summed E-state index contributed by atoms with van der Waals surface area (Å²) in [6.45, 7) is -0.211. The van der Waals surface area contributed by atoms with E-state index < -0.39 is 11.9 Å². The van der Waals surface area contributed by atoms with E-state index >= 15 is 0 Å². The maximum atomic E-state index is 12.6. The van der Waals surface area contributed by atoms with Gasteiger partial charge in [0.2, 0.25) is 5.91 Å². The first-order chi connectivity index (χ1) is 9.12. The zero-order chi connectivity index (χ0) is 15.5. The number of nitrogens with one attached hydrogen (secondary N) is 1. The van der Waals surface area contributed by atoms with Crippen LogP contribution in [-0.2, 0) is 11.0 Å². The fourth-order valence-corrected chi connectivity index (χ4v) is 1.43. The second-order valence-corrected chi connectivity index (χ2v) is 4.54. The number of thiocarbonyl (C=S) groups is 1. The first-order valence-corrected chi connectivity index (χ1v) is 5.86. The van der Waals surface area contributed by atoms with Gasteiger partial charge in [0.05, 0.1) is 12.1 Å². The van der Waals surface area contributed by atoms with Crippen LogP contribution in [0.25, 0.3) is 0 Å². The number of nitrogens with two attached hydrogens (primary N) is 1. The lowest BCUT2D eigenvalue weighted by molar-refractivity contribution is -0.141. The third-order valence-corrected chi connectivity index (χ3v) is 2.58. The van der Waals surface area contributed by atoms with Crippen LogP contribution in [0, 0.1) is 0 Å². The van der Waals surface area contributed by atoms with Crippen LogP contribution in [-0.4, -0.2) is 41.4 Å². The van der Waals surface area contributed by atoms with Gasteiger partial charge in [-0.25, -0.2) is 4.98 Å². The molecule has 0 atom stereocenters. The molecular formula is C11H13F3N4OS. The van der Waals surface area contributed by atoms with Gasteiger partial charge in [0.15, 0.2) is 0 Å². The molecule has 3 N–H and O–H groups in total. The Bertz CT molecular complexity index is 531. The molecule has 1 heterocycles. The Kier molecular flexibility index (Phi) is 4.88. The quantitative estimate of drug-likeness (QED) is 0.819. The summed E-state index contributed by atoms with van der Waals surface area (Å²) >= 11 is 4.74. The van der Waals surface area contributed by atoms with Crippen molar-refractivity contribution in [1.29, 1.82) is 0 Å². The summed E-state index contributed by atoms with van der Waals surface area (Å²) < 4.78 is 37.8. The van der Waals surface area contributed by atoms with Crippen molar-refractivity contribution in [1.82, 2.24) is 9.88 Å². The van der Waals surface area contributed by atoms with Crippen LogP contribution >= 0.6 is 12.2 Å². The third-order valence-electron chi connectivity index (χ3n) is 2.36. The van der Waals surface area contributed by atoms with Crippen molar-refractivity contribution in [2.24, 2.45) is 5.73 Å². The van der Waals surface area contributed by atoms with Gasteiger partial charge in [0.1, 0.15) is 16.5 Å². The number of nitrogens with zero attached hydrogens (tertiary/aromatic N) is 2. The summed E-state index contributed by atoms with van der Waals surface area (Å²) in [4.78, 5) is 16.0. The van der Waals surface area contributed by atoms with Gasteiger partial charge in [-0.15, -0.1) is 0 Å². The minimum Gasteiger partial charge on any atom is -0.389 e. The number of pyridine rings is 1. The van der Waals surface area contributed by atoms with E-state index in [-0.39, 0.29) is 28.8 Å². The Morgan fingerprint density at radius 3 is 2.50 bits per heavy atom. The highest BCUT2D eigenvalue weighted by molar-refractivity contribution is 7.80. The summed E-state index contributed by atoms with van der Waals surface area (Å²) in [6.07, 6.45) is -4.59. The van der Waals surface area contributed by atoms with Gasteiger partial charge in [0, 0.05) is 14.1 Å². The number of hydrogen-bond donors (Lipinski definition) is 2. The number of hydrogen-bond acceptors (Lipinski definition) is 4. The van der Waals surface area contributed by atoms with E-state index in [1.807, 2.05) is 0 Å². The molecule has 0 aliphatic rings. The predicted octanol–water partition coefficient (Wildman–Crippen LogP) is 1.23. The third kappa shape index (κ3) is 4.05. The van der Waals surface area contributed by atoms with Crippen molar-refractivity contribution < 1.29 is 18.0 Å². The van der Waals surface area contributed by atoms with Gasteiger partial charge < -0.3 is 16.0 Å². The Balaban J connectivity index is 3.07. The Morgan fingerprint density at radius 1 is 1.45 bits per heavy atom. The standard InChI is InChI=1S/C11H13F3N4OS/c1-18(2)8(19)5-16-10-6(9(15)20)3-4-7(17-10)11(12,13)14/h3-4H,5H2,1-2H3,(H2,15,20)(H,16,17). The van der Waals surface area contributed by atoms with Gasteiger partial charge in [-0.05, 0) is 12.1 Å². The molecule has 0 fully saturated rings. The van der Waals surface area contributed by atoms with Crippen LogP contribution in [0.5, 0.6) is 0 Å². The van der Waals surface area contributed by atoms with Gasteiger partial charge in [-0.1, -0.05) is 12.2 Å². The molecule has 5 nitrogen and oxygen atoms in total. The highest BCUT2D eigenvalue weighted by atomic mass is 32.1. The van der Waals surface area contributed by atoms with Crippen LogP contribution in [0.1, 0.15) is 11.3 Å². The molecule has 0 bridgehead atoms. The largest absolute Gasteiger partial charge is 0.433 e. The number of alkyl halides is 3. The Hall–Kier alpha value is -1.90. The minimum atomic E-state index is -4.59. The summed E-state index contributed by atoms with van der Waals surface area (Å²) in [5, 5.41) is 2.52. The van der Waals surface area contributed by atoms with E-state index in [0.717, 1.165) is 12.1 Å². The molecule has 1 aromatic heterocycles. The van der Waals surface area contributed by atoms with Crippen molar-refractivity contribution in [3.05, 3.63) is 23.4 Å². The van der Waals surface area contributed by atoms with Crippen LogP contribution in [0.4, 0.5) is 19.0 Å². The van der Waals surface area contributed by atoms with Crippen LogP contribution in [0.15, 0.2) is 12.1 Å². The zero-order valence-corrected chi connectivity index (χ0v) is 11.6. The highest BCUT2D eigenvalue weighted by Gasteiger charge is 2.33. The van der Waals surface area contributed by atoms with Crippen molar-refractivity contribution in [2.45, 2.75) is 6.18 Å². The number of anilines is 1. The lowest BCUT2D eigenvalue weighted by Gasteiger charge is -2.15. The van der Waals surface area contributed by atoms with Crippen molar-refractivity contribution in [2.75, 3.05) is 26.0 Å². The van der Waals surface area contributed by atoms with Crippen molar-refractivity contribution in [3.8, 4) is 0 Å². The van der Waals surface area contributed by atoms with Crippen LogP contribution in [0.3, 0.4) is 0 Å². The number of rotatable bonds is 4. The Morgan fingerprint density at radius 2 is 2.05 bits per heavy atom. The van der Waals surface area contributed by atoms with Crippen LogP contribution < -0.4 is 11.1 Å². The molecule has 20 heavy (non-hydrogen) atoms. The lowest BCUT2D eigenvalue weighted by Crippen LogP contribution is -2.29. The molecule has 1 amide bonds. The minimum absolute atomic E-state index is 0.106. The van der Waals surface area contributed by atoms with Gasteiger partial charge in [-0.3, -0.25) is 4.79 Å². The fourth-order valence-electron chi connectivity index (χ4n) is 1.27. The Labute approximate surface area is 119 Å². The predicted molar refractivity (Wildman–Crippen MR) is 72.3 cm³/mol. The molecule has 1 rings (SSSR count). The molecule has 9 heteroatoms. The average molecular weight is 306 g/mol. The summed E-state index contributed by atoms with van der Waals surface area (Å²) in [7, 11) is 3.05. The van der Waals surface area contributed by atoms with E-state index in [2.05, 4.69) is 10.3 Å². The number of likely N-dealkylation sites (N-methyl/N-ethyl adjacent to an activating group) is 1. The molecule has 0 aliphatic heterocycles. The van der Waals surface area contributed by atoms with Gasteiger partial charge in [-0.2, -0.15) is 13.2 Å². The number of carbonyl (C=O) groups excluding carboxylic acids is 1. The molecule has 0 aliphatic carbocycles. The molecule has 0 saturated carbocycles. The maximum absolute atomic E-state index is 12.6. The maximum Gasteiger partial charge on any atom is 0.433 e. The fraction of sp³-hybridized carbons (Fsp3) is 0.364. The number of carbonyl (C=O) groups is 1. The summed E-state index contributed by atoms with van der Waals surface area (Å²) in [5.41, 5.74) is 4.48. The second kappa shape index (κ2) is 6.04. The monoisotopic (exact) mass is 306 g/mol. The molecule has 0 aromatic carbocycles. The molecule has 1 aromatic rings. The van der Waals surface area contributed by atoms with Crippen molar-refractivity contribution in [3.63, 3.8) is 0 Å². The molecule has 110 valence electrons. The van der Waals surface area contributed by atoms with E-state index in [1.165, 1.54) is 19.0 Å². The molecule has 0 unspecified atom stereocenters. The number of aromatic nitrogens is 1. The molecule has 0 radical (unpaired) electrons. The summed E-state index contributed by atoms with van der Waals surface area (Å²) in [6, 6.07) is 1.91. The van der Waals surface area contributed by atoms with E-state index in [4.69, 9.17) is 18.0 Å². The summed E-state index contributed by atoms with van der Waals surface area (Å²) in [5.74, 6) is -0.486. The SMILES string of the molecule is CN(C)C(=O)CNc1nc(C(F)(F)F)ccc1C(N)=S. The van der Waals surface area contributed by atoms with Gasteiger partial charge >= 0.3 is 6.18 Å². The van der Waals surface area contributed by atoms with Crippen molar-refractivity contribution >= 4 is 28.9 Å². The second-order valence-electron chi connectivity index (χ2n) is 4.10. The van der Waals surface area contributed by atoms with Crippen LogP contribution in [0.2, 0.25) is 0 Å². The van der Waals surface area contributed by atoms with E-state index in [1.54, 1.807) is 0 Å². The number of amides is 1. The number of halogens is 3. The van der Waals surface area contributed by atoms with Gasteiger partial charge in [0.25, 0.3) is 0 Å².